The van der Waals surface area contributed by atoms with Gasteiger partial charge in [0.15, 0.2) is 5.96 Å². The number of nitrogens with zero attached hydrogens (tertiary/aromatic N) is 2. The molecule has 1 fully saturated rings. The van der Waals surface area contributed by atoms with Crippen molar-refractivity contribution in [1.29, 1.82) is 0 Å². The highest BCUT2D eigenvalue weighted by Crippen LogP contribution is 2.19. The summed E-state index contributed by atoms with van der Waals surface area (Å²) in [6.07, 6.45) is 4.62. The number of fused-ring (bicyclic) bond motifs is 1. The van der Waals surface area contributed by atoms with E-state index in [1.807, 2.05) is 6.07 Å². The second-order valence-corrected chi connectivity index (χ2v) is 6.63. The van der Waals surface area contributed by atoms with Crippen molar-refractivity contribution in [3.8, 4) is 0 Å². The van der Waals surface area contributed by atoms with Gasteiger partial charge in [-0.2, -0.15) is 0 Å². The van der Waals surface area contributed by atoms with Crippen LogP contribution in [0.3, 0.4) is 0 Å². The van der Waals surface area contributed by atoms with E-state index in [1.54, 1.807) is 0 Å². The maximum absolute atomic E-state index is 11.7. The van der Waals surface area contributed by atoms with Gasteiger partial charge in [0, 0.05) is 43.3 Å². The SMILES string of the molecule is CCNC(=NCCc1c[nH]c2ccccc12)N1CCC(C(=O)OC)CC1.I. The number of esters is 1. The van der Waals surface area contributed by atoms with Gasteiger partial charge in [-0.05, 0) is 37.8 Å². The number of rotatable bonds is 5. The zero-order valence-corrected chi connectivity index (χ0v) is 18.4. The lowest BCUT2D eigenvalue weighted by Crippen LogP contribution is -2.46. The van der Waals surface area contributed by atoms with Gasteiger partial charge in [0.05, 0.1) is 13.0 Å². The Morgan fingerprint density at radius 2 is 2.07 bits per heavy atom. The Bertz CT molecular complexity index is 766. The highest BCUT2D eigenvalue weighted by Gasteiger charge is 2.26. The van der Waals surface area contributed by atoms with Crippen molar-refractivity contribution in [3.63, 3.8) is 0 Å². The molecule has 27 heavy (non-hydrogen) atoms. The minimum atomic E-state index is -0.0917. The van der Waals surface area contributed by atoms with E-state index in [1.165, 1.54) is 23.6 Å². The fraction of sp³-hybridized carbons (Fsp3) is 0.500. The lowest BCUT2D eigenvalue weighted by Gasteiger charge is -2.33. The van der Waals surface area contributed by atoms with E-state index in [4.69, 9.17) is 9.73 Å². The summed E-state index contributed by atoms with van der Waals surface area (Å²) < 4.78 is 4.87. The number of hydrogen-bond donors (Lipinski definition) is 2. The summed E-state index contributed by atoms with van der Waals surface area (Å²) in [6.45, 7) is 5.32. The molecule has 0 aliphatic carbocycles. The van der Waals surface area contributed by atoms with Crippen LogP contribution in [0.1, 0.15) is 25.3 Å². The van der Waals surface area contributed by atoms with Gasteiger partial charge in [-0.1, -0.05) is 18.2 Å². The number of ether oxygens (including phenoxy) is 1. The first-order valence-corrected chi connectivity index (χ1v) is 9.39. The average Bonchev–Trinajstić information content (AvgIpc) is 3.10. The first-order valence-electron chi connectivity index (χ1n) is 9.39. The van der Waals surface area contributed by atoms with E-state index >= 15 is 0 Å². The Balaban J connectivity index is 0.00000261. The number of hydrogen-bond acceptors (Lipinski definition) is 3. The number of para-hydroxylation sites is 1. The van der Waals surface area contributed by atoms with Crippen molar-refractivity contribution in [2.45, 2.75) is 26.2 Å². The molecule has 0 saturated carbocycles. The van der Waals surface area contributed by atoms with E-state index in [-0.39, 0.29) is 35.9 Å². The topological polar surface area (TPSA) is 69.7 Å². The molecule has 2 N–H and O–H groups in total. The molecule has 1 aliphatic rings. The first kappa shape index (κ1) is 21.5. The zero-order chi connectivity index (χ0) is 18.4. The van der Waals surface area contributed by atoms with Crippen molar-refractivity contribution in [2.24, 2.45) is 10.9 Å². The van der Waals surface area contributed by atoms with Crippen LogP contribution in [-0.4, -0.2) is 55.1 Å². The molecule has 3 rings (SSSR count). The number of aromatic amines is 1. The molecular formula is C20H29IN4O2. The third kappa shape index (κ3) is 5.37. The molecule has 0 unspecified atom stereocenters. The third-order valence-electron chi connectivity index (χ3n) is 4.98. The Morgan fingerprint density at radius 1 is 1.33 bits per heavy atom. The second kappa shape index (κ2) is 10.5. The average molecular weight is 484 g/mol. The molecule has 0 spiro atoms. The Kier molecular flexibility index (Phi) is 8.40. The van der Waals surface area contributed by atoms with Gasteiger partial charge in [-0.15, -0.1) is 24.0 Å². The number of aliphatic imine (C=N–C) groups is 1. The molecule has 1 saturated heterocycles. The zero-order valence-electron chi connectivity index (χ0n) is 16.0. The molecular weight excluding hydrogens is 455 g/mol. The molecule has 1 aromatic carbocycles. The van der Waals surface area contributed by atoms with Crippen molar-refractivity contribution in [2.75, 3.05) is 33.3 Å². The molecule has 6 nitrogen and oxygen atoms in total. The number of likely N-dealkylation sites (tertiary alicyclic amines) is 1. The summed E-state index contributed by atoms with van der Waals surface area (Å²) in [5.41, 5.74) is 2.47. The standard InChI is InChI=1S/C20H28N4O2.HI/c1-3-21-20(24-12-9-15(10-13-24)19(25)26-2)22-11-8-16-14-23-18-7-5-4-6-17(16)18;/h4-7,14-15,23H,3,8-13H2,1-2H3,(H,21,22);1H. The van der Waals surface area contributed by atoms with Gasteiger partial charge in [-0.25, -0.2) is 0 Å². The van der Waals surface area contributed by atoms with Crippen LogP contribution in [0.25, 0.3) is 10.9 Å². The van der Waals surface area contributed by atoms with Gasteiger partial charge in [0.1, 0.15) is 0 Å². The summed E-state index contributed by atoms with van der Waals surface area (Å²) in [5.74, 6) is 0.868. The smallest absolute Gasteiger partial charge is 0.308 e. The lowest BCUT2D eigenvalue weighted by molar-refractivity contribution is -0.146. The van der Waals surface area contributed by atoms with E-state index in [2.05, 4.69) is 46.5 Å². The Hall–Kier alpha value is -1.77. The minimum Gasteiger partial charge on any atom is -0.469 e. The molecule has 2 aromatic rings. The molecule has 1 aliphatic heterocycles. The summed E-state index contributed by atoms with van der Waals surface area (Å²) in [6, 6.07) is 8.35. The van der Waals surface area contributed by atoms with Crippen LogP contribution in [0.15, 0.2) is 35.5 Å². The molecule has 1 aromatic heterocycles. The van der Waals surface area contributed by atoms with E-state index in [0.717, 1.165) is 51.4 Å². The quantitative estimate of drug-likeness (QED) is 0.296. The molecule has 0 radical (unpaired) electrons. The van der Waals surface area contributed by atoms with Gasteiger partial charge in [0.25, 0.3) is 0 Å². The monoisotopic (exact) mass is 484 g/mol. The second-order valence-electron chi connectivity index (χ2n) is 6.63. The van der Waals surface area contributed by atoms with Crippen LogP contribution >= 0.6 is 24.0 Å². The highest BCUT2D eigenvalue weighted by molar-refractivity contribution is 14.0. The number of methoxy groups -OCH3 is 1. The lowest BCUT2D eigenvalue weighted by atomic mass is 9.97. The minimum absolute atomic E-state index is 0. The number of carbonyl (C=O) groups is 1. The summed E-state index contributed by atoms with van der Waals surface area (Å²) in [7, 11) is 1.46. The normalized spacial score (nSPS) is 15.5. The van der Waals surface area contributed by atoms with Gasteiger partial charge in [-0.3, -0.25) is 9.79 Å². The van der Waals surface area contributed by atoms with Crippen LogP contribution in [0.5, 0.6) is 0 Å². The number of aromatic nitrogens is 1. The number of guanidine groups is 1. The number of benzene rings is 1. The number of carbonyl (C=O) groups excluding carboxylic acids is 1. The summed E-state index contributed by atoms with van der Waals surface area (Å²) >= 11 is 0. The predicted octanol–water partition coefficient (Wildman–Crippen LogP) is 3.18. The first-order chi connectivity index (χ1) is 12.7. The fourth-order valence-electron chi connectivity index (χ4n) is 3.54. The van der Waals surface area contributed by atoms with Crippen LogP contribution in [0.2, 0.25) is 0 Å². The summed E-state index contributed by atoms with van der Waals surface area (Å²) in [5, 5.41) is 4.65. The molecule has 7 heteroatoms. The third-order valence-corrected chi connectivity index (χ3v) is 4.98. The Morgan fingerprint density at radius 3 is 2.78 bits per heavy atom. The number of halogens is 1. The maximum atomic E-state index is 11.7. The van der Waals surface area contributed by atoms with Crippen molar-refractivity contribution in [3.05, 3.63) is 36.0 Å². The van der Waals surface area contributed by atoms with Gasteiger partial charge < -0.3 is 19.9 Å². The predicted molar refractivity (Wildman–Crippen MR) is 120 cm³/mol. The molecule has 148 valence electrons. The molecule has 0 amide bonds. The van der Waals surface area contributed by atoms with Crippen LogP contribution in [0, 0.1) is 5.92 Å². The number of nitrogens with one attached hydrogen (secondary N) is 2. The van der Waals surface area contributed by atoms with Gasteiger partial charge in [0.2, 0.25) is 0 Å². The van der Waals surface area contributed by atoms with Crippen molar-refractivity contribution < 1.29 is 9.53 Å². The molecule has 2 heterocycles. The molecule has 0 atom stereocenters. The van der Waals surface area contributed by atoms with E-state index < -0.39 is 0 Å². The number of H-pyrrole nitrogens is 1. The van der Waals surface area contributed by atoms with E-state index in [0.29, 0.717) is 0 Å². The Labute approximate surface area is 177 Å². The van der Waals surface area contributed by atoms with Gasteiger partial charge >= 0.3 is 5.97 Å². The summed E-state index contributed by atoms with van der Waals surface area (Å²) in [4.78, 5) is 22.1. The van der Waals surface area contributed by atoms with Crippen molar-refractivity contribution in [1.82, 2.24) is 15.2 Å². The fourth-order valence-corrected chi connectivity index (χ4v) is 3.54. The van der Waals surface area contributed by atoms with Crippen LogP contribution in [0.4, 0.5) is 0 Å². The van der Waals surface area contributed by atoms with Crippen molar-refractivity contribution >= 4 is 46.8 Å². The van der Waals surface area contributed by atoms with E-state index in [9.17, 15) is 4.79 Å². The highest BCUT2D eigenvalue weighted by atomic mass is 127. The largest absolute Gasteiger partial charge is 0.469 e. The van der Waals surface area contributed by atoms with Crippen LogP contribution < -0.4 is 5.32 Å². The number of piperidine rings is 1. The maximum Gasteiger partial charge on any atom is 0.308 e. The van der Waals surface area contributed by atoms with Crippen LogP contribution in [-0.2, 0) is 16.0 Å². The molecule has 0 bridgehead atoms.